The third-order valence-corrected chi connectivity index (χ3v) is 6.17. The van der Waals surface area contributed by atoms with E-state index in [1.807, 2.05) is 23.1 Å². The van der Waals surface area contributed by atoms with Gasteiger partial charge in [0, 0.05) is 38.4 Å². The van der Waals surface area contributed by atoms with E-state index in [0.29, 0.717) is 5.92 Å². The molecule has 2 heterocycles. The maximum absolute atomic E-state index is 12.8. The number of benzene rings is 2. The number of carbonyl (C=O) groups is 1. The molecular formula is C24H31N3O. The zero-order valence-electron chi connectivity index (χ0n) is 16.9. The molecule has 2 aliphatic rings. The highest BCUT2D eigenvalue weighted by atomic mass is 16.2. The summed E-state index contributed by atoms with van der Waals surface area (Å²) in [6.45, 7) is 7.10. The number of para-hydroxylation sites is 1. The van der Waals surface area contributed by atoms with Crippen molar-refractivity contribution in [2.24, 2.45) is 5.92 Å². The standard InChI is InChI=1S/C24H31N3O/c1-2-20-9-5-6-12-23(20)25-24(28)27-14-7-8-19(17-27)16-26-15-13-21-10-3-4-11-22(21)18-26/h3-6,9-12,19H,2,7-8,13-18H2,1H3,(H,25,28). The van der Waals surface area contributed by atoms with Crippen LogP contribution in [-0.4, -0.2) is 42.0 Å². The second-order valence-corrected chi connectivity index (χ2v) is 8.15. The van der Waals surface area contributed by atoms with Crippen LogP contribution in [0.25, 0.3) is 0 Å². The average Bonchev–Trinajstić information content (AvgIpc) is 2.74. The molecule has 0 spiro atoms. The fourth-order valence-corrected chi connectivity index (χ4v) is 4.62. The van der Waals surface area contributed by atoms with Crippen LogP contribution in [0.15, 0.2) is 48.5 Å². The van der Waals surface area contributed by atoms with E-state index in [0.717, 1.165) is 57.7 Å². The van der Waals surface area contributed by atoms with Crippen LogP contribution >= 0.6 is 0 Å². The van der Waals surface area contributed by atoms with Crippen molar-refractivity contribution in [2.75, 3.05) is 31.5 Å². The number of rotatable bonds is 4. The number of anilines is 1. The number of amides is 2. The molecule has 4 heteroatoms. The van der Waals surface area contributed by atoms with E-state index in [2.05, 4.69) is 47.5 Å². The first kappa shape index (κ1) is 19.0. The summed E-state index contributed by atoms with van der Waals surface area (Å²) in [5.41, 5.74) is 5.11. The lowest BCUT2D eigenvalue weighted by Gasteiger charge is -2.37. The number of nitrogens with zero attached hydrogens (tertiary/aromatic N) is 2. The summed E-state index contributed by atoms with van der Waals surface area (Å²) >= 11 is 0. The molecule has 1 unspecified atom stereocenters. The molecule has 0 bridgehead atoms. The van der Waals surface area contributed by atoms with Crippen molar-refractivity contribution < 1.29 is 4.79 Å². The van der Waals surface area contributed by atoms with Crippen LogP contribution in [-0.2, 0) is 19.4 Å². The van der Waals surface area contributed by atoms with Gasteiger partial charge < -0.3 is 10.2 Å². The first-order chi connectivity index (χ1) is 13.7. The Labute approximate surface area is 168 Å². The zero-order chi connectivity index (χ0) is 19.3. The highest BCUT2D eigenvalue weighted by Crippen LogP contribution is 2.24. The Kier molecular flexibility index (Phi) is 5.96. The first-order valence-corrected chi connectivity index (χ1v) is 10.7. The number of hydrogen-bond donors (Lipinski definition) is 1. The van der Waals surface area contributed by atoms with E-state index in [1.54, 1.807) is 0 Å². The lowest BCUT2D eigenvalue weighted by Crippen LogP contribution is -2.46. The van der Waals surface area contributed by atoms with Gasteiger partial charge in [0.2, 0.25) is 0 Å². The molecule has 2 aromatic carbocycles. The number of aryl methyl sites for hydroxylation is 1. The molecule has 1 N–H and O–H groups in total. The predicted molar refractivity (Wildman–Crippen MR) is 115 cm³/mol. The Bertz CT molecular complexity index is 819. The molecule has 0 aliphatic carbocycles. The summed E-state index contributed by atoms with van der Waals surface area (Å²) in [6.07, 6.45) is 4.38. The van der Waals surface area contributed by atoms with Gasteiger partial charge in [-0.1, -0.05) is 49.4 Å². The molecule has 0 aromatic heterocycles. The Hall–Kier alpha value is -2.33. The number of urea groups is 1. The molecule has 2 amide bonds. The second-order valence-electron chi connectivity index (χ2n) is 8.15. The van der Waals surface area contributed by atoms with Crippen LogP contribution in [0.2, 0.25) is 0 Å². The van der Waals surface area contributed by atoms with Crippen LogP contribution < -0.4 is 5.32 Å². The van der Waals surface area contributed by atoms with Crippen molar-refractivity contribution in [1.82, 2.24) is 9.80 Å². The number of nitrogens with one attached hydrogen (secondary N) is 1. The zero-order valence-corrected chi connectivity index (χ0v) is 16.9. The second kappa shape index (κ2) is 8.78. The van der Waals surface area contributed by atoms with Crippen molar-refractivity contribution in [2.45, 2.75) is 39.2 Å². The number of piperidine rings is 1. The lowest BCUT2D eigenvalue weighted by molar-refractivity contribution is 0.140. The van der Waals surface area contributed by atoms with Gasteiger partial charge in [-0.25, -0.2) is 4.79 Å². The number of hydrogen-bond acceptors (Lipinski definition) is 2. The van der Waals surface area contributed by atoms with Crippen molar-refractivity contribution in [3.63, 3.8) is 0 Å². The lowest BCUT2D eigenvalue weighted by atomic mass is 9.95. The van der Waals surface area contributed by atoms with Gasteiger partial charge in [-0.05, 0) is 54.4 Å². The van der Waals surface area contributed by atoms with Crippen LogP contribution in [0.4, 0.5) is 10.5 Å². The SMILES string of the molecule is CCc1ccccc1NC(=O)N1CCCC(CN2CCc3ccccc3C2)C1. The number of likely N-dealkylation sites (tertiary alicyclic amines) is 1. The average molecular weight is 378 g/mol. The van der Waals surface area contributed by atoms with E-state index in [-0.39, 0.29) is 6.03 Å². The quantitative estimate of drug-likeness (QED) is 0.848. The molecule has 4 rings (SSSR count). The molecule has 1 fully saturated rings. The maximum Gasteiger partial charge on any atom is 0.321 e. The van der Waals surface area contributed by atoms with E-state index < -0.39 is 0 Å². The minimum absolute atomic E-state index is 0.0505. The van der Waals surface area contributed by atoms with Crippen LogP contribution in [0.3, 0.4) is 0 Å². The van der Waals surface area contributed by atoms with Gasteiger partial charge in [0.1, 0.15) is 0 Å². The first-order valence-electron chi connectivity index (χ1n) is 10.7. The topological polar surface area (TPSA) is 35.6 Å². The largest absolute Gasteiger partial charge is 0.324 e. The summed E-state index contributed by atoms with van der Waals surface area (Å²) in [4.78, 5) is 17.4. The molecule has 1 atom stereocenters. The Morgan fingerprint density at radius 2 is 1.86 bits per heavy atom. The molecule has 0 radical (unpaired) electrons. The predicted octanol–water partition coefficient (Wildman–Crippen LogP) is 4.55. The molecule has 1 saturated heterocycles. The van der Waals surface area contributed by atoms with Crippen LogP contribution in [0, 0.1) is 5.92 Å². The number of carbonyl (C=O) groups excluding carboxylic acids is 1. The highest BCUT2D eigenvalue weighted by Gasteiger charge is 2.26. The van der Waals surface area contributed by atoms with Crippen LogP contribution in [0.5, 0.6) is 0 Å². The summed E-state index contributed by atoms with van der Waals surface area (Å²) in [6, 6.07) is 17.0. The van der Waals surface area contributed by atoms with Crippen molar-refractivity contribution >= 4 is 11.7 Å². The van der Waals surface area contributed by atoms with Gasteiger partial charge in [0.25, 0.3) is 0 Å². The Morgan fingerprint density at radius 3 is 2.71 bits per heavy atom. The highest BCUT2D eigenvalue weighted by molar-refractivity contribution is 5.90. The normalized spacial score (nSPS) is 19.9. The summed E-state index contributed by atoms with van der Waals surface area (Å²) in [7, 11) is 0. The molecule has 2 aliphatic heterocycles. The summed E-state index contributed by atoms with van der Waals surface area (Å²) < 4.78 is 0. The molecule has 28 heavy (non-hydrogen) atoms. The Morgan fingerprint density at radius 1 is 1.07 bits per heavy atom. The number of fused-ring (bicyclic) bond motifs is 1. The third kappa shape index (κ3) is 4.39. The van der Waals surface area contributed by atoms with Gasteiger partial charge in [-0.15, -0.1) is 0 Å². The monoisotopic (exact) mass is 377 g/mol. The van der Waals surface area contributed by atoms with Gasteiger partial charge in [-0.2, -0.15) is 0 Å². The smallest absolute Gasteiger partial charge is 0.321 e. The van der Waals surface area contributed by atoms with Gasteiger partial charge >= 0.3 is 6.03 Å². The molecular weight excluding hydrogens is 346 g/mol. The van der Waals surface area contributed by atoms with Crippen LogP contribution in [0.1, 0.15) is 36.5 Å². The van der Waals surface area contributed by atoms with Crippen molar-refractivity contribution in [3.05, 3.63) is 65.2 Å². The van der Waals surface area contributed by atoms with Crippen molar-refractivity contribution in [3.8, 4) is 0 Å². The maximum atomic E-state index is 12.8. The fraction of sp³-hybridized carbons (Fsp3) is 0.458. The van der Waals surface area contributed by atoms with E-state index in [9.17, 15) is 4.79 Å². The van der Waals surface area contributed by atoms with Crippen molar-refractivity contribution in [1.29, 1.82) is 0 Å². The third-order valence-electron chi connectivity index (χ3n) is 6.17. The van der Waals surface area contributed by atoms with E-state index in [4.69, 9.17) is 0 Å². The Balaban J connectivity index is 1.34. The van der Waals surface area contributed by atoms with Gasteiger partial charge in [0.15, 0.2) is 0 Å². The fourth-order valence-electron chi connectivity index (χ4n) is 4.62. The molecule has 2 aromatic rings. The summed E-state index contributed by atoms with van der Waals surface area (Å²) in [5.74, 6) is 0.561. The van der Waals surface area contributed by atoms with Gasteiger partial charge in [0.05, 0.1) is 0 Å². The molecule has 0 saturated carbocycles. The van der Waals surface area contributed by atoms with Gasteiger partial charge in [-0.3, -0.25) is 4.90 Å². The minimum atomic E-state index is 0.0505. The molecule has 4 nitrogen and oxygen atoms in total. The molecule has 148 valence electrons. The minimum Gasteiger partial charge on any atom is -0.324 e. The van der Waals surface area contributed by atoms with E-state index in [1.165, 1.54) is 23.1 Å². The summed E-state index contributed by atoms with van der Waals surface area (Å²) in [5, 5.41) is 3.14. The van der Waals surface area contributed by atoms with E-state index >= 15 is 0 Å².